The van der Waals surface area contributed by atoms with Gasteiger partial charge in [0.05, 0.1) is 0 Å². The van der Waals surface area contributed by atoms with Gasteiger partial charge in [0, 0.05) is 43.6 Å². The molecule has 6 nitrogen and oxygen atoms in total. The van der Waals surface area contributed by atoms with Gasteiger partial charge in [-0.2, -0.15) is 0 Å². The molecule has 3 rings (SSSR count). The van der Waals surface area contributed by atoms with E-state index in [1.54, 1.807) is 4.90 Å². The molecule has 0 fully saturated rings. The van der Waals surface area contributed by atoms with Crippen molar-refractivity contribution in [1.82, 2.24) is 10.2 Å². The first-order valence-corrected chi connectivity index (χ1v) is 9.07. The lowest BCUT2D eigenvalue weighted by molar-refractivity contribution is -0.133. The van der Waals surface area contributed by atoms with E-state index in [2.05, 4.69) is 5.32 Å². The van der Waals surface area contributed by atoms with Gasteiger partial charge < -0.3 is 15.0 Å². The summed E-state index contributed by atoms with van der Waals surface area (Å²) in [5.74, 6) is -0.343. The maximum Gasteiger partial charge on any atom is 0.260 e. The molecule has 1 N–H and O–H groups in total. The number of fused-ring (bicyclic) bond motifs is 1. The third-order valence-electron chi connectivity index (χ3n) is 4.49. The molecule has 1 aliphatic rings. The number of ether oxygens (including phenoxy) is 1. The van der Waals surface area contributed by atoms with E-state index >= 15 is 0 Å². The minimum Gasteiger partial charge on any atom is -0.483 e. The van der Waals surface area contributed by atoms with Crippen molar-refractivity contribution < 1.29 is 23.5 Å². The lowest BCUT2D eigenvalue weighted by Crippen LogP contribution is -2.39. The molecule has 28 heavy (non-hydrogen) atoms. The van der Waals surface area contributed by atoms with Crippen LogP contribution in [0, 0.1) is 5.82 Å². The first-order chi connectivity index (χ1) is 13.5. The Hall–Kier alpha value is -3.22. The van der Waals surface area contributed by atoms with E-state index in [4.69, 9.17) is 4.74 Å². The van der Waals surface area contributed by atoms with E-state index in [1.807, 2.05) is 24.3 Å². The molecule has 0 saturated heterocycles. The second kappa shape index (κ2) is 9.12. The highest BCUT2D eigenvalue weighted by atomic mass is 19.1. The molecule has 0 saturated carbocycles. The van der Waals surface area contributed by atoms with Gasteiger partial charge in [0.15, 0.2) is 12.4 Å². The highest BCUT2D eigenvalue weighted by molar-refractivity contribution is 5.97. The zero-order valence-electron chi connectivity index (χ0n) is 15.3. The Morgan fingerprint density at radius 1 is 1.07 bits per heavy atom. The van der Waals surface area contributed by atoms with Gasteiger partial charge in [-0.25, -0.2) is 4.39 Å². The Morgan fingerprint density at radius 3 is 2.61 bits per heavy atom. The fraction of sp³-hybridized carbons (Fsp3) is 0.286. The molecule has 2 aromatic rings. The highest BCUT2D eigenvalue weighted by Crippen LogP contribution is 2.22. The van der Waals surface area contributed by atoms with Gasteiger partial charge in [0.1, 0.15) is 11.6 Å². The van der Waals surface area contributed by atoms with Gasteiger partial charge in [-0.05, 0) is 30.3 Å². The normalized spacial score (nSPS) is 13.3. The monoisotopic (exact) mass is 384 g/mol. The first kappa shape index (κ1) is 19.5. The lowest BCUT2D eigenvalue weighted by atomic mass is 10.1. The number of carbonyl (C=O) groups excluding carboxylic acids is 3. The number of rotatable bonds is 7. The van der Waals surface area contributed by atoms with Gasteiger partial charge in [-0.3, -0.25) is 14.4 Å². The molecule has 7 heteroatoms. The van der Waals surface area contributed by atoms with Crippen molar-refractivity contribution in [3.63, 3.8) is 0 Å². The zero-order valence-corrected chi connectivity index (χ0v) is 15.3. The standard InChI is InChI=1S/C21H21FN2O4/c22-17-7-5-15(6-8-17)18(25)9-10-20(26)23-11-12-24-13-16-3-1-2-4-19(16)28-14-21(24)27/h1-8H,9-14H2,(H,23,26). The largest absolute Gasteiger partial charge is 0.483 e. The number of nitrogens with one attached hydrogen (secondary N) is 1. The number of carbonyl (C=O) groups is 3. The Kier molecular flexibility index (Phi) is 6.37. The lowest BCUT2D eigenvalue weighted by Gasteiger charge is -2.20. The molecule has 0 radical (unpaired) electrons. The summed E-state index contributed by atoms with van der Waals surface area (Å²) < 4.78 is 18.4. The summed E-state index contributed by atoms with van der Waals surface area (Å²) >= 11 is 0. The summed E-state index contributed by atoms with van der Waals surface area (Å²) in [6.45, 7) is 1.04. The molecular weight excluding hydrogens is 363 g/mol. The zero-order chi connectivity index (χ0) is 19.9. The molecule has 0 spiro atoms. The molecule has 0 bridgehead atoms. The number of hydrogen-bond donors (Lipinski definition) is 1. The molecule has 1 aliphatic heterocycles. The SMILES string of the molecule is O=C(CCC(=O)c1ccc(F)cc1)NCCN1Cc2ccccc2OCC1=O. The van der Waals surface area contributed by atoms with Crippen LogP contribution in [0.5, 0.6) is 5.75 Å². The number of Topliss-reactive ketones (excluding diaryl/α,β-unsaturated/α-hetero) is 1. The van der Waals surface area contributed by atoms with E-state index in [1.165, 1.54) is 24.3 Å². The van der Waals surface area contributed by atoms with Crippen LogP contribution >= 0.6 is 0 Å². The van der Waals surface area contributed by atoms with Crippen LogP contribution in [-0.2, 0) is 16.1 Å². The molecule has 146 valence electrons. The van der Waals surface area contributed by atoms with Crippen molar-refractivity contribution in [1.29, 1.82) is 0 Å². The summed E-state index contributed by atoms with van der Waals surface area (Å²) in [4.78, 5) is 37.8. The predicted octanol–water partition coefficient (Wildman–Crippen LogP) is 2.33. The van der Waals surface area contributed by atoms with Crippen LogP contribution in [0.3, 0.4) is 0 Å². The number of amides is 2. The Bertz CT molecular complexity index is 867. The number of benzene rings is 2. The summed E-state index contributed by atoms with van der Waals surface area (Å²) in [7, 11) is 0. The van der Waals surface area contributed by atoms with Gasteiger partial charge in [-0.1, -0.05) is 18.2 Å². The number of para-hydroxylation sites is 1. The fourth-order valence-electron chi connectivity index (χ4n) is 2.93. The average molecular weight is 384 g/mol. The number of ketones is 1. The van der Waals surface area contributed by atoms with Crippen molar-refractivity contribution in [2.45, 2.75) is 19.4 Å². The topological polar surface area (TPSA) is 75.7 Å². The molecule has 0 aliphatic carbocycles. The van der Waals surface area contributed by atoms with Crippen LogP contribution in [0.4, 0.5) is 4.39 Å². The molecule has 2 aromatic carbocycles. The van der Waals surface area contributed by atoms with Crippen LogP contribution in [0.2, 0.25) is 0 Å². The average Bonchev–Trinajstić information content (AvgIpc) is 2.86. The summed E-state index contributed by atoms with van der Waals surface area (Å²) in [6, 6.07) is 12.7. The maximum atomic E-state index is 12.9. The second-order valence-electron chi connectivity index (χ2n) is 6.49. The van der Waals surface area contributed by atoms with Crippen molar-refractivity contribution in [2.24, 2.45) is 0 Å². The van der Waals surface area contributed by atoms with E-state index in [9.17, 15) is 18.8 Å². The molecule has 1 heterocycles. The molecule has 2 amide bonds. The van der Waals surface area contributed by atoms with Crippen LogP contribution in [0.15, 0.2) is 48.5 Å². The predicted molar refractivity (Wildman–Crippen MR) is 100 cm³/mol. The smallest absolute Gasteiger partial charge is 0.260 e. The fourth-order valence-corrected chi connectivity index (χ4v) is 2.93. The number of halogens is 1. The molecule has 0 atom stereocenters. The summed E-state index contributed by atoms with van der Waals surface area (Å²) in [6.07, 6.45) is 0.0808. The minimum atomic E-state index is -0.412. The van der Waals surface area contributed by atoms with Gasteiger partial charge >= 0.3 is 0 Å². The van der Waals surface area contributed by atoms with Crippen molar-refractivity contribution in [2.75, 3.05) is 19.7 Å². The Labute approximate surface area is 162 Å². The quantitative estimate of drug-likeness (QED) is 0.744. The Morgan fingerprint density at radius 2 is 1.82 bits per heavy atom. The highest BCUT2D eigenvalue weighted by Gasteiger charge is 2.21. The molecular formula is C21H21FN2O4. The van der Waals surface area contributed by atoms with E-state index in [0.29, 0.717) is 24.4 Å². The van der Waals surface area contributed by atoms with E-state index in [0.717, 1.165) is 5.56 Å². The molecule has 0 unspecified atom stereocenters. The number of nitrogens with zero attached hydrogens (tertiary/aromatic N) is 1. The van der Waals surface area contributed by atoms with Gasteiger partial charge in [0.25, 0.3) is 5.91 Å². The van der Waals surface area contributed by atoms with Crippen LogP contribution < -0.4 is 10.1 Å². The van der Waals surface area contributed by atoms with Gasteiger partial charge in [0.2, 0.25) is 5.91 Å². The van der Waals surface area contributed by atoms with Crippen molar-refractivity contribution >= 4 is 17.6 Å². The third kappa shape index (κ3) is 5.16. The van der Waals surface area contributed by atoms with Gasteiger partial charge in [-0.15, -0.1) is 0 Å². The summed E-state index contributed by atoms with van der Waals surface area (Å²) in [5.41, 5.74) is 1.30. The van der Waals surface area contributed by atoms with E-state index < -0.39 is 5.82 Å². The van der Waals surface area contributed by atoms with Crippen molar-refractivity contribution in [3.8, 4) is 5.75 Å². The Balaban J connectivity index is 1.43. The third-order valence-corrected chi connectivity index (χ3v) is 4.49. The maximum absolute atomic E-state index is 12.9. The van der Waals surface area contributed by atoms with E-state index in [-0.39, 0.29) is 43.6 Å². The first-order valence-electron chi connectivity index (χ1n) is 9.07. The van der Waals surface area contributed by atoms with Crippen LogP contribution in [0.1, 0.15) is 28.8 Å². The summed E-state index contributed by atoms with van der Waals surface area (Å²) in [5, 5.41) is 2.72. The molecule has 0 aromatic heterocycles. The minimum absolute atomic E-state index is 0.0306. The number of hydrogen-bond acceptors (Lipinski definition) is 4. The van der Waals surface area contributed by atoms with Crippen LogP contribution in [0.25, 0.3) is 0 Å². The van der Waals surface area contributed by atoms with Crippen molar-refractivity contribution in [3.05, 3.63) is 65.5 Å². The van der Waals surface area contributed by atoms with Crippen LogP contribution in [-0.4, -0.2) is 42.2 Å². The second-order valence-corrected chi connectivity index (χ2v) is 6.49.